The molecule has 3 amide bonds. The highest BCUT2D eigenvalue weighted by Crippen LogP contribution is 2.47. The van der Waals surface area contributed by atoms with Crippen molar-refractivity contribution in [1.82, 2.24) is 5.32 Å². The summed E-state index contributed by atoms with van der Waals surface area (Å²) in [6.07, 6.45) is -0.686. The highest BCUT2D eigenvalue weighted by molar-refractivity contribution is 5.99. The number of hydrogen-bond acceptors (Lipinski definition) is 6. The van der Waals surface area contributed by atoms with Gasteiger partial charge in [0.2, 0.25) is 5.91 Å². The summed E-state index contributed by atoms with van der Waals surface area (Å²) in [5.41, 5.74) is 1.45. The van der Waals surface area contributed by atoms with Crippen LogP contribution in [0.3, 0.4) is 0 Å². The van der Waals surface area contributed by atoms with Crippen LogP contribution in [-0.2, 0) is 14.3 Å². The lowest BCUT2D eigenvalue weighted by atomic mass is 9.84. The Hall–Kier alpha value is -3.21. The molecule has 2 aromatic rings. The van der Waals surface area contributed by atoms with Gasteiger partial charge in [0.25, 0.3) is 0 Å². The largest absolute Gasteiger partial charge is 0.487 e. The van der Waals surface area contributed by atoms with Crippen molar-refractivity contribution in [3.05, 3.63) is 53.8 Å². The first-order valence-corrected chi connectivity index (χ1v) is 11.1. The minimum Gasteiger partial charge on any atom is -0.487 e. The number of urea groups is 1. The van der Waals surface area contributed by atoms with Crippen LogP contribution in [0.4, 0.5) is 20.6 Å². The van der Waals surface area contributed by atoms with Crippen molar-refractivity contribution in [2.75, 3.05) is 37.5 Å². The molecule has 0 spiro atoms. The molecule has 0 saturated carbocycles. The van der Waals surface area contributed by atoms with Crippen molar-refractivity contribution < 1.29 is 33.3 Å². The van der Waals surface area contributed by atoms with E-state index in [1.165, 1.54) is 12.1 Å². The topological polar surface area (TPSA) is 118 Å². The highest BCUT2D eigenvalue weighted by Gasteiger charge is 2.46. The maximum Gasteiger partial charge on any atom is 0.323 e. The fraction of sp³-hybridized carbons (Fsp3) is 0.417. The van der Waals surface area contributed by atoms with Crippen LogP contribution in [0.1, 0.15) is 24.3 Å². The first-order valence-electron chi connectivity index (χ1n) is 11.1. The fourth-order valence-electron chi connectivity index (χ4n) is 4.39. The second-order valence-electron chi connectivity index (χ2n) is 8.26. The Balaban J connectivity index is 1.44. The third kappa shape index (κ3) is 5.46. The highest BCUT2D eigenvalue weighted by atomic mass is 19.1. The van der Waals surface area contributed by atoms with E-state index in [0.29, 0.717) is 31.0 Å². The molecular formula is C24H28FN3O6. The average Bonchev–Trinajstić information content (AvgIpc) is 3.18. The predicted molar refractivity (Wildman–Crippen MR) is 123 cm³/mol. The number of nitrogens with one attached hydrogen (secondary N) is 3. The number of halogens is 1. The van der Waals surface area contributed by atoms with Crippen molar-refractivity contribution in [1.29, 1.82) is 0 Å². The van der Waals surface area contributed by atoms with Gasteiger partial charge in [0.1, 0.15) is 23.8 Å². The maximum atomic E-state index is 13.8. The van der Waals surface area contributed by atoms with Crippen LogP contribution in [0.25, 0.3) is 0 Å². The number of carbonyl (C=O) groups is 2. The Morgan fingerprint density at radius 2 is 2.03 bits per heavy atom. The van der Waals surface area contributed by atoms with Crippen LogP contribution >= 0.6 is 0 Å². The minimum atomic E-state index is -0.580. The monoisotopic (exact) mass is 473 g/mol. The summed E-state index contributed by atoms with van der Waals surface area (Å²) < 4.78 is 30.7. The summed E-state index contributed by atoms with van der Waals surface area (Å²) in [4.78, 5) is 24.6. The number of benzene rings is 2. The van der Waals surface area contributed by atoms with Crippen LogP contribution in [0.2, 0.25) is 0 Å². The molecule has 2 aliphatic heterocycles. The Bertz CT molecular complexity index is 1040. The third-order valence-electron chi connectivity index (χ3n) is 5.92. The van der Waals surface area contributed by atoms with Gasteiger partial charge in [-0.05, 0) is 36.8 Å². The zero-order valence-electron chi connectivity index (χ0n) is 18.8. The van der Waals surface area contributed by atoms with Gasteiger partial charge in [-0.25, -0.2) is 9.18 Å². The molecule has 2 aromatic carbocycles. The number of hydrogen-bond donors (Lipinski definition) is 4. The number of aliphatic hydroxyl groups excluding tert-OH is 1. The molecule has 0 radical (unpaired) electrons. The van der Waals surface area contributed by atoms with E-state index in [1.807, 2.05) is 0 Å². The minimum absolute atomic E-state index is 0.0754. The van der Waals surface area contributed by atoms with Gasteiger partial charge in [0.05, 0.1) is 31.4 Å². The number of aliphatic hydroxyl groups is 1. The molecule has 4 N–H and O–H groups in total. The molecule has 4 rings (SSSR count). The van der Waals surface area contributed by atoms with Crippen LogP contribution in [-0.4, -0.2) is 62.2 Å². The normalized spacial score (nSPS) is 22.8. The molecule has 0 unspecified atom stereocenters. The molecule has 182 valence electrons. The van der Waals surface area contributed by atoms with Gasteiger partial charge in [-0.15, -0.1) is 0 Å². The van der Waals surface area contributed by atoms with E-state index < -0.39 is 30.2 Å². The van der Waals surface area contributed by atoms with E-state index >= 15 is 0 Å². The van der Waals surface area contributed by atoms with E-state index in [2.05, 4.69) is 16.0 Å². The first kappa shape index (κ1) is 23.9. The van der Waals surface area contributed by atoms with Crippen LogP contribution in [0.5, 0.6) is 5.75 Å². The lowest BCUT2D eigenvalue weighted by molar-refractivity contribution is -0.142. The van der Waals surface area contributed by atoms with Gasteiger partial charge in [-0.3, -0.25) is 4.79 Å². The van der Waals surface area contributed by atoms with Gasteiger partial charge in [0, 0.05) is 30.8 Å². The Labute approximate surface area is 196 Å². The second-order valence-corrected chi connectivity index (χ2v) is 8.26. The van der Waals surface area contributed by atoms with Crippen LogP contribution in [0.15, 0.2) is 42.5 Å². The lowest BCUT2D eigenvalue weighted by Gasteiger charge is -2.37. The van der Waals surface area contributed by atoms with E-state index in [1.54, 1.807) is 37.4 Å². The van der Waals surface area contributed by atoms with Crippen molar-refractivity contribution >= 4 is 23.3 Å². The van der Waals surface area contributed by atoms with Crippen molar-refractivity contribution in [2.45, 2.75) is 37.1 Å². The van der Waals surface area contributed by atoms with Gasteiger partial charge >= 0.3 is 6.03 Å². The number of ether oxygens (including phenoxy) is 3. The van der Waals surface area contributed by atoms with Gasteiger partial charge in [-0.2, -0.15) is 0 Å². The van der Waals surface area contributed by atoms with E-state index in [4.69, 9.17) is 14.2 Å². The molecule has 0 bridgehead atoms. The maximum absolute atomic E-state index is 13.8. The Kier molecular flexibility index (Phi) is 7.61. The van der Waals surface area contributed by atoms with Gasteiger partial charge in [-0.1, -0.05) is 12.1 Å². The molecule has 0 aliphatic carbocycles. The summed E-state index contributed by atoms with van der Waals surface area (Å²) in [6, 6.07) is 10.6. The number of fused-ring (bicyclic) bond motifs is 3. The standard InChI is InChI=1S/C24H28FN3O6/c1-32-9-8-26-22(30)12-15-11-17-16-10-14(6-7-20(16)34-23(17)21(13-29)33-15)27-24(31)28-19-5-3-2-4-18(19)25/h2-7,10,15,17,21,23,29H,8-9,11-13H2,1H3,(H,26,30)(H2,27,28,31)/t15-,17-,21+,23+/m1/s1. The number of amides is 3. The number of rotatable bonds is 8. The molecule has 9 nitrogen and oxygen atoms in total. The average molecular weight is 474 g/mol. The summed E-state index contributed by atoms with van der Waals surface area (Å²) in [6.45, 7) is 0.587. The number of carbonyl (C=O) groups excluding carboxylic acids is 2. The van der Waals surface area contributed by atoms with Crippen molar-refractivity contribution in [3.63, 3.8) is 0 Å². The summed E-state index contributed by atoms with van der Waals surface area (Å²) >= 11 is 0. The smallest absolute Gasteiger partial charge is 0.323 e. The first-order chi connectivity index (χ1) is 16.5. The van der Waals surface area contributed by atoms with Gasteiger partial charge in [0.15, 0.2) is 0 Å². The molecule has 1 saturated heterocycles. The summed E-state index contributed by atoms with van der Waals surface area (Å²) in [5, 5.41) is 17.8. The molecular weight excluding hydrogens is 445 g/mol. The molecule has 10 heteroatoms. The zero-order chi connectivity index (χ0) is 24.1. The number of anilines is 2. The zero-order valence-corrected chi connectivity index (χ0v) is 18.8. The quantitative estimate of drug-likeness (QED) is 0.438. The number of methoxy groups -OCH3 is 1. The molecule has 2 aliphatic rings. The summed E-state index contributed by atoms with van der Waals surface area (Å²) in [5.74, 6) is -0.162. The van der Waals surface area contributed by atoms with Crippen molar-refractivity contribution in [3.8, 4) is 5.75 Å². The van der Waals surface area contributed by atoms with Crippen molar-refractivity contribution in [2.24, 2.45) is 0 Å². The molecule has 1 fully saturated rings. The third-order valence-corrected chi connectivity index (χ3v) is 5.92. The van der Waals surface area contributed by atoms with Gasteiger partial charge < -0.3 is 35.3 Å². The lowest BCUT2D eigenvalue weighted by Crippen LogP contribution is -2.47. The van der Waals surface area contributed by atoms with E-state index in [-0.39, 0.29) is 30.5 Å². The fourth-order valence-corrected chi connectivity index (χ4v) is 4.39. The molecule has 34 heavy (non-hydrogen) atoms. The second kappa shape index (κ2) is 10.8. The van der Waals surface area contributed by atoms with E-state index in [0.717, 1.165) is 5.56 Å². The van der Waals surface area contributed by atoms with E-state index in [9.17, 15) is 19.1 Å². The summed E-state index contributed by atoms with van der Waals surface area (Å²) in [7, 11) is 1.56. The molecule has 0 aromatic heterocycles. The molecule has 4 atom stereocenters. The number of para-hydroxylation sites is 1. The molecule has 2 heterocycles. The Morgan fingerprint density at radius 3 is 2.79 bits per heavy atom. The Morgan fingerprint density at radius 1 is 1.21 bits per heavy atom. The van der Waals surface area contributed by atoms with Crippen LogP contribution < -0.4 is 20.7 Å². The predicted octanol–water partition coefficient (Wildman–Crippen LogP) is 2.62. The van der Waals surface area contributed by atoms with Crippen LogP contribution in [0, 0.1) is 5.82 Å². The SMILES string of the molecule is COCCNC(=O)C[C@H]1C[C@@H]2c3cc(NC(=O)Nc4ccccc4F)ccc3O[C@@H]2[C@H](CO)O1.